The van der Waals surface area contributed by atoms with Crippen molar-refractivity contribution in [3.05, 3.63) is 45.7 Å². The second-order valence-electron chi connectivity index (χ2n) is 6.11. The van der Waals surface area contributed by atoms with Crippen molar-refractivity contribution >= 4 is 5.69 Å². The Bertz CT molecular complexity index is 758. The highest BCUT2D eigenvalue weighted by atomic mass is 16.5. The van der Waals surface area contributed by atoms with Gasteiger partial charge in [0, 0.05) is 36.0 Å². The highest BCUT2D eigenvalue weighted by Gasteiger charge is 2.19. The van der Waals surface area contributed by atoms with Gasteiger partial charge in [-0.25, -0.2) is 0 Å². The van der Waals surface area contributed by atoms with E-state index in [0.717, 1.165) is 47.8 Å². The Morgan fingerprint density at radius 1 is 1.22 bits per heavy atom. The molecule has 1 aliphatic rings. The maximum Gasteiger partial charge on any atom is 0.251 e. The summed E-state index contributed by atoms with van der Waals surface area (Å²) >= 11 is 0. The van der Waals surface area contributed by atoms with Gasteiger partial charge in [0.1, 0.15) is 5.75 Å². The number of rotatable bonds is 4. The number of benzene rings is 1. The van der Waals surface area contributed by atoms with E-state index in [1.807, 2.05) is 19.1 Å². The standard InChI is InChI=1S/C19H24N2O2/c1-4-14-11-13(2)19(22)20-18(14)16-8-7-15(23-3)12-17(16)21-9-5-6-10-21/h7-8,11-12H,4-6,9-10H2,1-3H3,(H,20,22). The van der Waals surface area contributed by atoms with Crippen molar-refractivity contribution in [3.63, 3.8) is 0 Å². The topological polar surface area (TPSA) is 45.3 Å². The molecule has 4 heteroatoms. The number of aryl methyl sites for hydroxylation is 2. The third-order valence-electron chi connectivity index (χ3n) is 4.61. The van der Waals surface area contributed by atoms with E-state index in [0.29, 0.717) is 0 Å². The zero-order valence-corrected chi connectivity index (χ0v) is 14.1. The third kappa shape index (κ3) is 2.98. The fraction of sp³-hybridized carbons (Fsp3) is 0.421. The summed E-state index contributed by atoms with van der Waals surface area (Å²) in [5, 5.41) is 0. The van der Waals surface area contributed by atoms with E-state index >= 15 is 0 Å². The van der Waals surface area contributed by atoms with Crippen LogP contribution in [-0.2, 0) is 6.42 Å². The average Bonchev–Trinajstić information content (AvgIpc) is 3.10. The van der Waals surface area contributed by atoms with Crippen molar-refractivity contribution in [2.45, 2.75) is 33.1 Å². The summed E-state index contributed by atoms with van der Waals surface area (Å²) in [6, 6.07) is 8.11. The Hall–Kier alpha value is -2.23. The molecule has 0 atom stereocenters. The normalized spacial score (nSPS) is 14.3. The summed E-state index contributed by atoms with van der Waals surface area (Å²) in [5.74, 6) is 0.850. The summed E-state index contributed by atoms with van der Waals surface area (Å²) in [6.07, 6.45) is 3.31. The zero-order chi connectivity index (χ0) is 16.4. The SMILES string of the molecule is CCc1cc(C)c(=O)[nH]c1-c1ccc(OC)cc1N1CCCC1. The van der Waals surface area contributed by atoms with Crippen molar-refractivity contribution in [2.24, 2.45) is 0 Å². The highest BCUT2D eigenvalue weighted by Crippen LogP contribution is 2.36. The molecule has 4 nitrogen and oxygen atoms in total. The molecule has 0 radical (unpaired) electrons. The molecule has 2 heterocycles. The van der Waals surface area contributed by atoms with Gasteiger partial charge in [-0.3, -0.25) is 4.79 Å². The summed E-state index contributed by atoms with van der Waals surface area (Å²) in [4.78, 5) is 17.6. The van der Waals surface area contributed by atoms with Gasteiger partial charge in [-0.2, -0.15) is 0 Å². The van der Waals surface area contributed by atoms with Gasteiger partial charge in [-0.1, -0.05) is 6.92 Å². The first-order chi connectivity index (χ1) is 11.1. The lowest BCUT2D eigenvalue weighted by molar-refractivity contribution is 0.415. The van der Waals surface area contributed by atoms with Crippen molar-refractivity contribution in [1.29, 1.82) is 0 Å². The van der Waals surface area contributed by atoms with Gasteiger partial charge in [0.05, 0.1) is 12.8 Å². The fourth-order valence-electron chi connectivity index (χ4n) is 3.28. The second kappa shape index (κ2) is 6.49. The van der Waals surface area contributed by atoms with Crippen molar-refractivity contribution in [2.75, 3.05) is 25.1 Å². The average molecular weight is 312 g/mol. The van der Waals surface area contributed by atoms with Gasteiger partial charge in [0.2, 0.25) is 0 Å². The molecule has 1 aliphatic heterocycles. The molecule has 1 aromatic heterocycles. The molecule has 1 fully saturated rings. The molecule has 1 N–H and O–H groups in total. The predicted octanol–water partition coefficient (Wildman–Crippen LogP) is 3.52. The number of hydrogen-bond acceptors (Lipinski definition) is 3. The summed E-state index contributed by atoms with van der Waals surface area (Å²) < 4.78 is 5.41. The van der Waals surface area contributed by atoms with Crippen LogP contribution in [0.1, 0.15) is 30.9 Å². The van der Waals surface area contributed by atoms with Crippen LogP contribution in [0.15, 0.2) is 29.1 Å². The van der Waals surface area contributed by atoms with Crippen molar-refractivity contribution < 1.29 is 4.74 Å². The van der Waals surface area contributed by atoms with Crippen LogP contribution in [0.3, 0.4) is 0 Å². The van der Waals surface area contributed by atoms with E-state index in [1.165, 1.54) is 18.4 Å². The number of aromatic amines is 1. The van der Waals surface area contributed by atoms with E-state index in [1.54, 1.807) is 7.11 Å². The Morgan fingerprint density at radius 2 is 1.96 bits per heavy atom. The molecule has 0 unspecified atom stereocenters. The van der Waals surface area contributed by atoms with Gasteiger partial charge in [0.25, 0.3) is 5.56 Å². The summed E-state index contributed by atoms with van der Waals surface area (Å²) in [6.45, 7) is 6.09. The molecule has 2 aromatic rings. The van der Waals surface area contributed by atoms with Crippen LogP contribution in [-0.4, -0.2) is 25.2 Å². The van der Waals surface area contributed by atoms with Crippen LogP contribution >= 0.6 is 0 Å². The quantitative estimate of drug-likeness (QED) is 0.939. The molecule has 0 saturated carbocycles. The van der Waals surface area contributed by atoms with Gasteiger partial charge >= 0.3 is 0 Å². The van der Waals surface area contributed by atoms with E-state index in [2.05, 4.69) is 28.9 Å². The molecule has 0 spiro atoms. The monoisotopic (exact) mass is 312 g/mol. The van der Waals surface area contributed by atoms with Crippen molar-refractivity contribution in [3.8, 4) is 17.0 Å². The van der Waals surface area contributed by atoms with Crippen LogP contribution in [0.4, 0.5) is 5.69 Å². The third-order valence-corrected chi connectivity index (χ3v) is 4.61. The van der Waals surface area contributed by atoms with E-state index in [4.69, 9.17) is 4.74 Å². The van der Waals surface area contributed by atoms with Gasteiger partial charge in [0.15, 0.2) is 0 Å². The van der Waals surface area contributed by atoms with E-state index < -0.39 is 0 Å². The molecule has 1 saturated heterocycles. The number of hydrogen-bond donors (Lipinski definition) is 1. The van der Waals surface area contributed by atoms with Crippen LogP contribution in [0, 0.1) is 6.92 Å². The lowest BCUT2D eigenvalue weighted by atomic mass is 10.00. The largest absolute Gasteiger partial charge is 0.497 e. The Balaban J connectivity index is 2.19. The molecule has 0 amide bonds. The van der Waals surface area contributed by atoms with Crippen LogP contribution in [0.5, 0.6) is 5.75 Å². The Kier molecular flexibility index (Phi) is 4.42. The lowest BCUT2D eigenvalue weighted by Gasteiger charge is -2.23. The number of H-pyrrole nitrogens is 1. The van der Waals surface area contributed by atoms with Crippen LogP contribution in [0.2, 0.25) is 0 Å². The highest BCUT2D eigenvalue weighted by molar-refractivity contribution is 5.79. The molecule has 0 bridgehead atoms. The number of pyridine rings is 1. The zero-order valence-electron chi connectivity index (χ0n) is 14.1. The minimum absolute atomic E-state index is 0.0135. The lowest BCUT2D eigenvalue weighted by Crippen LogP contribution is -2.20. The Morgan fingerprint density at radius 3 is 2.61 bits per heavy atom. The van der Waals surface area contributed by atoms with E-state index in [-0.39, 0.29) is 5.56 Å². The first-order valence-corrected chi connectivity index (χ1v) is 8.30. The number of nitrogens with one attached hydrogen (secondary N) is 1. The number of nitrogens with zero attached hydrogens (tertiary/aromatic N) is 1. The minimum atomic E-state index is -0.0135. The van der Waals surface area contributed by atoms with Gasteiger partial charge < -0.3 is 14.6 Å². The fourth-order valence-corrected chi connectivity index (χ4v) is 3.28. The number of anilines is 1. The first kappa shape index (κ1) is 15.7. The molecule has 0 aliphatic carbocycles. The maximum absolute atomic E-state index is 12.1. The molecule has 1 aromatic carbocycles. The van der Waals surface area contributed by atoms with Gasteiger partial charge in [-0.15, -0.1) is 0 Å². The number of methoxy groups -OCH3 is 1. The second-order valence-corrected chi connectivity index (χ2v) is 6.11. The number of ether oxygens (including phenoxy) is 1. The summed E-state index contributed by atoms with van der Waals surface area (Å²) in [7, 11) is 1.69. The minimum Gasteiger partial charge on any atom is -0.497 e. The predicted molar refractivity (Wildman–Crippen MR) is 94.6 cm³/mol. The maximum atomic E-state index is 12.1. The molecule has 122 valence electrons. The molecule has 23 heavy (non-hydrogen) atoms. The molecular formula is C19H24N2O2. The first-order valence-electron chi connectivity index (χ1n) is 8.30. The van der Waals surface area contributed by atoms with Crippen LogP contribution < -0.4 is 15.2 Å². The van der Waals surface area contributed by atoms with Crippen LogP contribution in [0.25, 0.3) is 11.3 Å². The van der Waals surface area contributed by atoms with Gasteiger partial charge in [-0.05, 0) is 49.9 Å². The molecular weight excluding hydrogens is 288 g/mol. The van der Waals surface area contributed by atoms with E-state index in [9.17, 15) is 4.79 Å². The summed E-state index contributed by atoms with van der Waals surface area (Å²) in [5.41, 5.74) is 5.10. The van der Waals surface area contributed by atoms with Crippen molar-refractivity contribution in [1.82, 2.24) is 4.98 Å². The Labute approximate surface area is 137 Å². The smallest absolute Gasteiger partial charge is 0.251 e. The molecule has 3 rings (SSSR count). The number of aromatic nitrogens is 1.